The molecule has 0 saturated carbocycles. The third-order valence-electron chi connectivity index (χ3n) is 5.46. The number of hydrogen-bond donors (Lipinski definition) is 0. The van der Waals surface area contributed by atoms with E-state index < -0.39 is 5.60 Å². The van der Waals surface area contributed by atoms with Gasteiger partial charge in [0.25, 0.3) is 0 Å². The van der Waals surface area contributed by atoms with Gasteiger partial charge in [-0.15, -0.1) is 0 Å². The molecule has 2 amide bonds. The lowest BCUT2D eigenvalue weighted by Gasteiger charge is -2.35. The van der Waals surface area contributed by atoms with Crippen molar-refractivity contribution >= 4 is 29.7 Å². The molecule has 0 aromatic heterocycles. The van der Waals surface area contributed by atoms with Crippen LogP contribution < -0.4 is 0 Å². The van der Waals surface area contributed by atoms with E-state index in [0.29, 0.717) is 26.2 Å². The topological polar surface area (TPSA) is 49.9 Å². The standard InChI is InChI=1S/C26H28N2O3/c1-26(2,3)31-25(30)28-16-14-27(15-17-28)24(29)18-23-21-10-6-4-8-19(21)12-13-20-9-5-7-11-22(20)23/h4-13,18H,14-17H2,1-3H3. The number of rotatable bonds is 1. The molecule has 1 aliphatic carbocycles. The largest absolute Gasteiger partial charge is 0.444 e. The number of carbonyl (C=O) groups excluding carboxylic acids is 2. The first-order valence-electron chi connectivity index (χ1n) is 10.7. The average Bonchev–Trinajstić information content (AvgIpc) is 2.90. The predicted octanol–water partition coefficient (Wildman–Crippen LogP) is 4.68. The molecule has 0 radical (unpaired) electrons. The van der Waals surface area contributed by atoms with E-state index in [4.69, 9.17) is 4.74 Å². The van der Waals surface area contributed by atoms with E-state index in [1.165, 1.54) is 0 Å². The SMILES string of the molecule is CC(C)(C)OC(=O)N1CCN(C(=O)C=C2c3ccccc3C=Cc3ccccc32)CC1. The zero-order valence-corrected chi connectivity index (χ0v) is 18.3. The van der Waals surface area contributed by atoms with Crippen LogP contribution in [0.15, 0.2) is 54.6 Å². The van der Waals surface area contributed by atoms with Crippen LogP contribution in [0.4, 0.5) is 4.79 Å². The zero-order chi connectivity index (χ0) is 22.0. The van der Waals surface area contributed by atoms with Gasteiger partial charge in [0.05, 0.1) is 0 Å². The number of carbonyl (C=O) groups is 2. The molecule has 0 bridgehead atoms. The van der Waals surface area contributed by atoms with E-state index in [2.05, 4.69) is 36.4 Å². The highest BCUT2D eigenvalue weighted by Crippen LogP contribution is 2.33. The van der Waals surface area contributed by atoms with Crippen LogP contribution >= 0.6 is 0 Å². The summed E-state index contributed by atoms with van der Waals surface area (Å²) >= 11 is 0. The number of ether oxygens (including phenoxy) is 1. The Hall–Kier alpha value is -3.34. The van der Waals surface area contributed by atoms with Gasteiger partial charge in [0.1, 0.15) is 5.60 Å². The molecular weight excluding hydrogens is 388 g/mol. The Bertz CT molecular complexity index is 1000. The molecular formula is C26H28N2O3. The number of nitrogens with zero attached hydrogens (tertiary/aromatic N) is 2. The van der Waals surface area contributed by atoms with Gasteiger partial charge in [-0.1, -0.05) is 60.7 Å². The smallest absolute Gasteiger partial charge is 0.410 e. The van der Waals surface area contributed by atoms with Crippen molar-refractivity contribution in [1.29, 1.82) is 0 Å². The van der Waals surface area contributed by atoms with Crippen LogP contribution in [0.5, 0.6) is 0 Å². The summed E-state index contributed by atoms with van der Waals surface area (Å²) < 4.78 is 5.45. The molecule has 160 valence electrons. The Morgan fingerprint density at radius 2 is 1.29 bits per heavy atom. The third-order valence-corrected chi connectivity index (χ3v) is 5.46. The van der Waals surface area contributed by atoms with Crippen LogP contribution in [0, 0.1) is 0 Å². The van der Waals surface area contributed by atoms with Gasteiger partial charge in [0.2, 0.25) is 5.91 Å². The maximum absolute atomic E-state index is 13.2. The molecule has 0 atom stereocenters. The molecule has 2 aromatic carbocycles. The summed E-state index contributed by atoms with van der Waals surface area (Å²) in [6.07, 6.45) is 5.61. The first-order valence-corrected chi connectivity index (χ1v) is 10.7. The van der Waals surface area contributed by atoms with Gasteiger partial charge in [0, 0.05) is 32.3 Å². The van der Waals surface area contributed by atoms with Crippen LogP contribution in [-0.2, 0) is 9.53 Å². The minimum atomic E-state index is -0.525. The fourth-order valence-corrected chi connectivity index (χ4v) is 3.91. The number of amides is 2. The van der Waals surface area contributed by atoms with E-state index in [1.807, 2.05) is 45.0 Å². The van der Waals surface area contributed by atoms with E-state index in [-0.39, 0.29) is 12.0 Å². The molecule has 5 nitrogen and oxygen atoms in total. The van der Waals surface area contributed by atoms with Gasteiger partial charge in [-0.05, 0) is 48.6 Å². The fraction of sp³-hybridized carbons (Fsp3) is 0.308. The lowest BCUT2D eigenvalue weighted by molar-refractivity contribution is -0.127. The van der Waals surface area contributed by atoms with Crippen molar-refractivity contribution in [1.82, 2.24) is 9.80 Å². The van der Waals surface area contributed by atoms with Gasteiger partial charge >= 0.3 is 6.09 Å². The van der Waals surface area contributed by atoms with E-state index >= 15 is 0 Å². The molecule has 4 rings (SSSR count). The van der Waals surface area contributed by atoms with Gasteiger partial charge in [0.15, 0.2) is 0 Å². The zero-order valence-electron chi connectivity index (χ0n) is 18.3. The first-order chi connectivity index (χ1) is 14.8. The van der Waals surface area contributed by atoms with Crippen molar-refractivity contribution < 1.29 is 14.3 Å². The van der Waals surface area contributed by atoms with E-state index in [1.54, 1.807) is 15.9 Å². The van der Waals surface area contributed by atoms with Crippen molar-refractivity contribution in [3.63, 3.8) is 0 Å². The fourth-order valence-electron chi connectivity index (χ4n) is 3.91. The molecule has 5 heteroatoms. The quantitative estimate of drug-likeness (QED) is 0.541. The highest BCUT2D eigenvalue weighted by Gasteiger charge is 2.27. The normalized spacial score (nSPS) is 15.6. The highest BCUT2D eigenvalue weighted by atomic mass is 16.6. The van der Waals surface area contributed by atoms with Crippen molar-refractivity contribution in [2.75, 3.05) is 26.2 Å². The summed E-state index contributed by atoms with van der Waals surface area (Å²) in [7, 11) is 0. The Labute approximate surface area is 183 Å². The second-order valence-corrected chi connectivity index (χ2v) is 8.86. The van der Waals surface area contributed by atoms with E-state index in [0.717, 1.165) is 27.8 Å². The Morgan fingerprint density at radius 1 is 0.806 bits per heavy atom. The van der Waals surface area contributed by atoms with Gasteiger partial charge in [-0.2, -0.15) is 0 Å². The minimum Gasteiger partial charge on any atom is -0.444 e. The summed E-state index contributed by atoms with van der Waals surface area (Å²) in [4.78, 5) is 29.0. The van der Waals surface area contributed by atoms with E-state index in [9.17, 15) is 9.59 Å². The van der Waals surface area contributed by atoms with Gasteiger partial charge in [-0.3, -0.25) is 4.79 Å². The van der Waals surface area contributed by atoms with Crippen molar-refractivity contribution in [2.45, 2.75) is 26.4 Å². The summed E-state index contributed by atoms with van der Waals surface area (Å²) in [6.45, 7) is 7.49. The number of benzene rings is 2. The maximum atomic E-state index is 13.2. The molecule has 1 aliphatic heterocycles. The molecule has 0 N–H and O–H groups in total. The number of fused-ring (bicyclic) bond motifs is 2. The molecule has 1 fully saturated rings. The molecule has 0 unspecified atom stereocenters. The lowest BCUT2D eigenvalue weighted by atomic mass is 9.93. The summed E-state index contributed by atoms with van der Waals surface area (Å²) in [5.74, 6) is -0.0367. The van der Waals surface area contributed by atoms with Crippen LogP contribution in [0.1, 0.15) is 43.0 Å². The molecule has 0 spiro atoms. The second kappa shape index (κ2) is 8.42. The van der Waals surface area contributed by atoms with Crippen LogP contribution in [-0.4, -0.2) is 53.6 Å². The Kier molecular flexibility index (Phi) is 5.68. The second-order valence-electron chi connectivity index (χ2n) is 8.86. The van der Waals surface area contributed by atoms with Crippen molar-refractivity contribution in [2.24, 2.45) is 0 Å². The molecule has 2 aromatic rings. The Balaban J connectivity index is 1.55. The molecule has 2 aliphatic rings. The average molecular weight is 417 g/mol. The first kappa shape index (κ1) is 20.9. The van der Waals surface area contributed by atoms with Crippen LogP contribution in [0.25, 0.3) is 17.7 Å². The van der Waals surface area contributed by atoms with Gasteiger partial charge in [-0.25, -0.2) is 4.79 Å². The Morgan fingerprint density at radius 3 is 1.81 bits per heavy atom. The highest BCUT2D eigenvalue weighted by molar-refractivity contribution is 6.03. The number of hydrogen-bond acceptors (Lipinski definition) is 3. The third kappa shape index (κ3) is 4.71. The van der Waals surface area contributed by atoms with Crippen molar-refractivity contribution in [3.05, 3.63) is 76.9 Å². The van der Waals surface area contributed by atoms with Gasteiger partial charge < -0.3 is 14.5 Å². The van der Waals surface area contributed by atoms with Crippen LogP contribution in [0.3, 0.4) is 0 Å². The monoisotopic (exact) mass is 416 g/mol. The molecule has 1 heterocycles. The molecule has 31 heavy (non-hydrogen) atoms. The predicted molar refractivity (Wildman–Crippen MR) is 123 cm³/mol. The van der Waals surface area contributed by atoms with Crippen LogP contribution in [0.2, 0.25) is 0 Å². The maximum Gasteiger partial charge on any atom is 0.410 e. The molecule has 1 saturated heterocycles. The lowest BCUT2D eigenvalue weighted by Crippen LogP contribution is -2.51. The minimum absolute atomic E-state index is 0.0367. The summed E-state index contributed by atoms with van der Waals surface area (Å²) in [5, 5.41) is 0. The number of piperazine rings is 1. The summed E-state index contributed by atoms with van der Waals surface area (Å²) in [5.41, 5.74) is 4.67. The van der Waals surface area contributed by atoms with Crippen molar-refractivity contribution in [3.8, 4) is 0 Å². The summed E-state index contributed by atoms with van der Waals surface area (Å²) in [6, 6.07) is 16.3.